The van der Waals surface area contributed by atoms with Crippen molar-refractivity contribution in [3.63, 3.8) is 0 Å². The van der Waals surface area contributed by atoms with Gasteiger partial charge in [-0.2, -0.15) is 0 Å². The molecule has 0 aliphatic carbocycles. The van der Waals surface area contributed by atoms with E-state index in [4.69, 9.17) is 12.2 Å². The molecule has 4 rings (SSSR count). The Hall–Kier alpha value is -2.97. The number of rotatable bonds is 4. The van der Waals surface area contributed by atoms with Crippen LogP contribution in [0.5, 0.6) is 0 Å². The molecule has 2 heterocycles. The van der Waals surface area contributed by atoms with E-state index in [0.29, 0.717) is 21.2 Å². The van der Waals surface area contributed by atoms with Crippen molar-refractivity contribution in [2.45, 2.75) is 13.8 Å². The summed E-state index contributed by atoms with van der Waals surface area (Å²) in [6.07, 6.45) is 0. The lowest BCUT2D eigenvalue weighted by atomic mass is 10.1. The Morgan fingerprint density at radius 2 is 1.87 bits per heavy atom. The Morgan fingerprint density at radius 3 is 2.55 bits per heavy atom. The van der Waals surface area contributed by atoms with Gasteiger partial charge in [-0.25, -0.2) is 0 Å². The van der Waals surface area contributed by atoms with Crippen molar-refractivity contribution in [3.05, 3.63) is 62.6 Å². The average molecular weight is 438 g/mol. The highest BCUT2D eigenvalue weighted by molar-refractivity contribution is 7.71. The third kappa shape index (κ3) is 4.26. The zero-order valence-corrected chi connectivity index (χ0v) is 18.9. The number of fused-ring (bicyclic) bond motifs is 1. The number of nitrogens with zero attached hydrogens (tertiary/aromatic N) is 3. The van der Waals surface area contributed by atoms with E-state index in [9.17, 15) is 9.59 Å². The van der Waals surface area contributed by atoms with Gasteiger partial charge in [0.1, 0.15) is 0 Å². The summed E-state index contributed by atoms with van der Waals surface area (Å²) in [5.74, 6) is -0.227. The fraction of sp³-hybridized carbons (Fsp3) is 0.348. The van der Waals surface area contributed by atoms with Crippen molar-refractivity contribution < 1.29 is 4.79 Å². The number of aromatic nitrogens is 2. The van der Waals surface area contributed by atoms with E-state index in [1.54, 1.807) is 25.2 Å². The van der Waals surface area contributed by atoms with Gasteiger partial charge in [0.2, 0.25) is 0 Å². The molecule has 3 aromatic rings. The lowest BCUT2D eigenvalue weighted by Crippen LogP contribution is -2.46. The van der Waals surface area contributed by atoms with Crippen LogP contribution in [0.2, 0.25) is 0 Å². The zero-order valence-electron chi connectivity index (χ0n) is 18.1. The molecular weight excluding hydrogens is 410 g/mol. The summed E-state index contributed by atoms with van der Waals surface area (Å²) in [7, 11) is 1.62. The van der Waals surface area contributed by atoms with E-state index >= 15 is 0 Å². The molecule has 162 valence electrons. The molecule has 0 radical (unpaired) electrons. The molecule has 1 aliphatic heterocycles. The summed E-state index contributed by atoms with van der Waals surface area (Å²) in [6.45, 7) is 9.45. The van der Waals surface area contributed by atoms with Gasteiger partial charge in [-0.3, -0.25) is 14.2 Å². The Morgan fingerprint density at radius 1 is 1.13 bits per heavy atom. The zero-order chi connectivity index (χ0) is 22.1. The number of carbonyl (C=O) groups is 1. The van der Waals surface area contributed by atoms with Crippen LogP contribution in [0.15, 0.2) is 41.2 Å². The third-order valence-corrected chi connectivity index (χ3v) is 6.38. The first-order chi connectivity index (χ1) is 14.9. The Kier molecular flexibility index (Phi) is 5.93. The highest BCUT2D eigenvalue weighted by atomic mass is 32.1. The highest BCUT2D eigenvalue weighted by Crippen LogP contribution is 2.24. The Balaban J connectivity index is 1.53. The van der Waals surface area contributed by atoms with Gasteiger partial charge in [0, 0.05) is 50.2 Å². The monoisotopic (exact) mass is 437 g/mol. The van der Waals surface area contributed by atoms with Crippen LogP contribution >= 0.6 is 12.2 Å². The second-order valence-corrected chi connectivity index (χ2v) is 8.32. The molecule has 1 saturated heterocycles. The number of aromatic amines is 1. The van der Waals surface area contributed by atoms with Crippen molar-refractivity contribution in [2.24, 2.45) is 7.05 Å². The minimum Gasteiger partial charge on any atom is -0.369 e. The maximum atomic E-state index is 12.9. The average Bonchev–Trinajstić information content (AvgIpc) is 2.78. The molecule has 1 fully saturated rings. The molecule has 2 aromatic carbocycles. The van der Waals surface area contributed by atoms with Crippen LogP contribution in [0.4, 0.5) is 11.4 Å². The lowest BCUT2D eigenvalue weighted by molar-refractivity contribution is 0.102. The molecule has 31 heavy (non-hydrogen) atoms. The van der Waals surface area contributed by atoms with Crippen LogP contribution in [0.25, 0.3) is 10.9 Å². The maximum Gasteiger partial charge on any atom is 0.261 e. The topological polar surface area (TPSA) is 73.4 Å². The normalized spacial score (nSPS) is 14.7. The number of nitrogens with one attached hydrogen (secondary N) is 2. The molecule has 7 nitrogen and oxygen atoms in total. The van der Waals surface area contributed by atoms with Crippen LogP contribution < -0.4 is 15.8 Å². The number of H-pyrrole nitrogens is 1. The summed E-state index contributed by atoms with van der Waals surface area (Å²) < 4.78 is 1.70. The number of benzene rings is 2. The van der Waals surface area contributed by atoms with E-state index < -0.39 is 0 Å². The van der Waals surface area contributed by atoms with Crippen LogP contribution in [0.3, 0.4) is 0 Å². The summed E-state index contributed by atoms with van der Waals surface area (Å²) in [5.41, 5.74) is 3.80. The first-order valence-corrected chi connectivity index (χ1v) is 10.9. The number of anilines is 2. The molecule has 0 bridgehead atoms. The van der Waals surface area contributed by atoms with Crippen LogP contribution in [0.1, 0.15) is 22.8 Å². The van der Waals surface area contributed by atoms with Crippen LogP contribution in [-0.4, -0.2) is 53.1 Å². The van der Waals surface area contributed by atoms with Gasteiger partial charge in [-0.1, -0.05) is 6.92 Å². The minimum absolute atomic E-state index is 0.183. The lowest BCUT2D eigenvalue weighted by Gasteiger charge is -2.35. The number of amides is 1. The molecule has 0 spiro atoms. The molecule has 2 N–H and O–H groups in total. The highest BCUT2D eigenvalue weighted by Gasteiger charge is 2.17. The summed E-state index contributed by atoms with van der Waals surface area (Å²) in [6, 6.07) is 11.1. The Labute approximate surface area is 186 Å². The molecule has 0 unspecified atom stereocenters. The number of piperazine rings is 1. The fourth-order valence-corrected chi connectivity index (χ4v) is 4.14. The van der Waals surface area contributed by atoms with Gasteiger partial charge in [-0.05, 0) is 67.6 Å². The van der Waals surface area contributed by atoms with Gasteiger partial charge in [-0.15, -0.1) is 0 Å². The molecule has 1 aromatic heterocycles. The van der Waals surface area contributed by atoms with Crippen molar-refractivity contribution in [1.82, 2.24) is 14.5 Å². The van der Waals surface area contributed by atoms with Crippen molar-refractivity contribution >= 4 is 40.4 Å². The largest absolute Gasteiger partial charge is 0.369 e. The standard InChI is InChI=1S/C23H27N5O2S/c1-4-27-9-11-28(12-10-27)17-6-8-19(15(2)13-17)24-21(29)16-5-7-18-20(14-16)25-23(31)26(3)22(18)30/h5-8,13-14H,4,9-12H2,1-3H3,(H,24,29)(H,25,31). The van der Waals surface area contributed by atoms with E-state index in [-0.39, 0.29) is 11.5 Å². The van der Waals surface area contributed by atoms with E-state index in [1.165, 1.54) is 10.3 Å². The SMILES string of the molecule is CCN1CCN(c2ccc(NC(=O)c3ccc4c(=O)n(C)c(=S)[nH]c4c3)c(C)c2)CC1. The van der Waals surface area contributed by atoms with E-state index in [0.717, 1.165) is 44.0 Å². The van der Waals surface area contributed by atoms with Crippen LogP contribution in [0, 0.1) is 11.7 Å². The number of hydrogen-bond donors (Lipinski definition) is 2. The maximum absolute atomic E-state index is 12.9. The number of likely N-dealkylation sites (N-methyl/N-ethyl adjacent to an activating group) is 1. The summed E-state index contributed by atoms with van der Waals surface area (Å²) >= 11 is 5.18. The predicted octanol–water partition coefficient (Wildman–Crippen LogP) is 3.30. The van der Waals surface area contributed by atoms with Crippen molar-refractivity contribution in [1.29, 1.82) is 0 Å². The van der Waals surface area contributed by atoms with Gasteiger partial charge in [0.05, 0.1) is 10.9 Å². The molecule has 1 aliphatic rings. The first kappa shape index (κ1) is 21.3. The van der Waals surface area contributed by atoms with Crippen molar-refractivity contribution in [2.75, 3.05) is 42.9 Å². The number of carbonyl (C=O) groups excluding carboxylic acids is 1. The molecule has 8 heteroatoms. The van der Waals surface area contributed by atoms with Gasteiger partial charge in [0.25, 0.3) is 11.5 Å². The van der Waals surface area contributed by atoms with E-state index in [2.05, 4.69) is 39.2 Å². The Bertz CT molecular complexity index is 1260. The van der Waals surface area contributed by atoms with Gasteiger partial charge < -0.3 is 20.1 Å². The number of aryl methyl sites for hydroxylation is 1. The predicted molar refractivity (Wildman–Crippen MR) is 128 cm³/mol. The number of hydrogen-bond acceptors (Lipinski definition) is 5. The van der Waals surface area contributed by atoms with Crippen molar-refractivity contribution in [3.8, 4) is 0 Å². The van der Waals surface area contributed by atoms with E-state index in [1.807, 2.05) is 13.0 Å². The second-order valence-electron chi connectivity index (χ2n) is 7.93. The second kappa shape index (κ2) is 8.64. The molecule has 1 amide bonds. The van der Waals surface area contributed by atoms with Gasteiger partial charge in [0.15, 0.2) is 4.77 Å². The molecule has 0 saturated carbocycles. The van der Waals surface area contributed by atoms with Crippen LogP contribution in [-0.2, 0) is 7.05 Å². The first-order valence-electron chi connectivity index (χ1n) is 10.5. The summed E-state index contributed by atoms with van der Waals surface area (Å²) in [5, 5.41) is 3.49. The fourth-order valence-electron chi connectivity index (χ4n) is 3.95. The quantitative estimate of drug-likeness (QED) is 0.613. The molecular formula is C23H27N5O2S. The minimum atomic E-state index is -0.227. The smallest absolute Gasteiger partial charge is 0.261 e. The summed E-state index contributed by atoms with van der Waals surface area (Å²) in [4.78, 5) is 33.0. The third-order valence-electron chi connectivity index (χ3n) is 6.01. The molecule has 0 atom stereocenters. The van der Waals surface area contributed by atoms with Gasteiger partial charge >= 0.3 is 0 Å².